The number of hydrogen-bond donors (Lipinski definition) is 0. The minimum absolute atomic E-state index is 0.334. The maximum atomic E-state index is 5.34. The SMILES string of the molecule is COc1cccc(C(c2cccc(OC)c2)C(C)C)c1. The van der Waals surface area contributed by atoms with E-state index in [1.807, 2.05) is 24.3 Å². The zero-order chi connectivity index (χ0) is 14.5. The second kappa shape index (κ2) is 6.47. The third-order valence-electron chi connectivity index (χ3n) is 3.57. The summed E-state index contributed by atoms with van der Waals surface area (Å²) < 4.78 is 10.7. The van der Waals surface area contributed by atoms with Crippen molar-refractivity contribution in [3.8, 4) is 11.5 Å². The van der Waals surface area contributed by atoms with Crippen molar-refractivity contribution in [1.82, 2.24) is 0 Å². The standard InChI is InChI=1S/C18H22O2/c1-13(2)18(14-7-5-9-16(11-14)19-3)15-8-6-10-17(12-15)20-4/h5-13,18H,1-4H3. The van der Waals surface area contributed by atoms with E-state index in [1.54, 1.807) is 14.2 Å². The van der Waals surface area contributed by atoms with Gasteiger partial charge in [-0.25, -0.2) is 0 Å². The second-order valence-electron chi connectivity index (χ2n) is 5.27. The molecule has 0 aliphatic rings. The topological polar surface area (TPSA) is 18.5 Å². The monoisotopic (exact) mass is 270 g/mol. The summed E-state index contributed by atoms with van der Waals surface area (Å²) in [4.78, 5) is 0. The molecule has 0 aromatic heterocycles. The lowest BCUT2D eigenvalue weighted by Gasteiger charge is -2.23. The summed E-state index contributed by atoms with van der Waals surface area (Å²) in [7, 11) is 3.41. The molecule has 0 fully saturated rings. The average Bonchev–Trinajstić information content (AvgIpc) is 2.47. The first-order chi connectivity index (χ1) is 9.65. The van der Waals surface area contributed by atoms with Crippen LogP contribution in [0, 0.1) is 5.92 Å². The molecular formula is C18H22O2. The van der Waals surface area contributed by atoms with E-state index >= 15 is 0 Å². The fourth-order valence-corrected chi connectivity index (χ4v) is 2.63. The Balaban J connectivity index is 2.44. The van der Waals surface area contributed by atoms with Crippen LogP contribution in [0.25, 0.3) is 0 Å². The van der Waals surface area contributed by atoms with Crippen molar-refractivity contribution in [3.05, 3.63) is 59.7 Å². The first-order valence-electron chi connectivity index (χ1n) is 6.93. The van der Waals surface area contributed by atoms with Gasteiger partial charge in [-0.3, -0.25) is 0 Å². The van der Waals surface area contributed by atoms with Crippen LogP contribution >= 0.6 is 0 Å². The molecule has 2 aromatic rings. The third-order valence-corrected chi connectivity index (χ3v) is 3.57. The fraction of sp³-hybridized carbons (Fsp3) is 0.333. The van der Waals surface area contributed by atoms with E-state index in [-0.39, 0.29) is 0 Å². The predicted molar refractivity (Wildman–Crippen MR) is 82.7 cm³/mol. The van der Waals surface area contributed by atoms with E-state index in [0.29, 0.717) is 11.8 Å². The normalized spacial score (nSPS) is 10.9. The lowest BCUT2D eigenvalue weighted by Crippen LogP contribution is -2.09. The van der Waals surface area contributed by atoms with Gasteiger partial charge in [0.05, 0.1) is 14.2 Å². The highest BCUT2D eigenvalue weighted by Gasteiger charge is 2.19. The van der Waals surface area contributed by atoms with Crippen LogP contribution in [0.2, 0.25) is 0 Å². The van der Waals surface area contributed by atoms with Gasteiger partial charge in [-0.15, -0.1) is 0 Å². The number of methoxy groups -OCH3 is 2. The van der Waals surface area contributed by atoms with Gasteiger partial charge in [0.2, 0.25) is 0 Å². The van der Waals surface area contributed by atoms with Gasteiger partial charge in [0.25, 0.3) is 0 Å². The van der Waals surface area contributed by atoms with E-state index in [1.165, 1.54) is 11.1 Å². The summed E-state index contributed by atoms with van der Waals surface area (Å²) >= 11 is 0. The van der Waals surface area contributed by atoms with Crippen molar-refractivity contribution in [2.24, 2.45) is 5.92 Å². The van der Waals surface area contributed by atoms with Crippen LogP contribution in [0.1, 0.15) is 30.9 Å². The van der Waals surface area contributed by atoms with Crippen LogP contribution in [0.3, 0.4) is 0 Å². The molecule has 0 spiro atoms. The van der Waals surface area contributed by atoms with Crippen molar-refractivity contribution in [2.75, 3.05) is 14.2 Å². The van der Waals surface area contributed by atoms with Gasteiger partial charge in [-0.05, 0) is 41.3 Å². The van der Waals surface area contributed by atoms with Gasteiger partial charge >= 0.3 is 0 Å². The van der Waals surface area contributed by atoms with Gasteiger partial charge in [0.1, 0.15) is 11.5 Å². The predicted octanol–water partition coefficient (Wildman–Crippen LogP) is 4.49. The molecule has 0 bridgehead atoms. The van der Waals surface area contributed by atoms with E-state index < -0.39 is 0 Å². The maximum Gasteiger partial charge on any atom is 0.119 e. The molecule has 0 saturated carbocycles. The third kappa shape index (κ3) is 3.13. The zero-order valence-electron chi connectivity index (χ0n) is 12.6. The molecule has 106 valence electrons. The molecule has 0 unspecified atom stereocenters. The molecule has 0 atom stereocenters. The highest BCUT2D eigenvalue weighted by Crippen LogP contribution is 2.34. The van der Waals surface area contributed by atoms with Gasteiger partial charge in [-0.1, -0.05) is 38.1 Å². The van der Waals surface area contributed by atoms with E-state index in [4.69, 9.17) is 9.47 Å². The molecular weight excluding hydrogens is 248 g/mol. The second-order valence-corrected chi connectivity index (χ2v) is 5.27. The van der Waals surface area contributed by atoms with Crippen molar-refractivity contribution in [3.63, 3.8) is 0 Å². The number of benzene rings is 2. The molecule has 2 nitrogen and oxygen atoms in total. The Kier molecular flexibility index (Phi) is 4.67. The van der Waals surface area contributed by atoms with Crippen molar-refractivity contribution < 1.29 is 9.47 Å². The molecule has 0 radical (unpaired) electrons. The van der Waals surface area contributed by atoms with Crippen LogP contribution in [-0.4, -0.2) is 14.2 Å². The Labute approximate surface area is 121 Å². The number of hydrogen-bond acceptors (Lipinski definition) is 2. The Hall–Kier alpha value is -1.96. The molecule has 2 heteroatoms. The molecule has 0 aliphatic carbocycles. The van der Waals surface area contributed by atoms with Crippen molar-refractivity contribution in [2.45, 2.75) is 19.8 Å². The van der Waals surface area contributed by atoms with Crippen molar-refractivity contribution >= 4 is 0 Å². The summed E-state index contributed by atoms with van der Waals surface area (Å²) in [6.45, 7) is 4.48. The summed E-state index contributed by atoms with van der Waals surface area (Å²) in [6, 6.07) is 16.6. The van der Waals surface area contributed by atoms with Gasteiger partial charge < -0.3 is 9.47 Å². The Morgan fingerprint density at radius 2 is 1.20 bits per heavy atom. The highest BCUT2D eigenvalue weighted by molar-refractivity contribution is 5.40. The summed E-state index contributed by atoms with van der Waals surface area (Å²) in [5.74, 6) is 2.63. The Morgan fingerprint density at radius 1 is 0.750 bits per heavy atom. The molecule has 0 heterocycles. The highest BCUT2D eigenvalue weighted by atomic mass is 16.5. The molecule has 20 heavy (non-hydrogen) atoms. The summed E-state index contributed by atoms with van der Waals surface area (Å²) in [5.41, 5.74) is 2.54. The fourth-order valence-electron chi connectivity index (χ4n) is 2.63. The molecule has 2 rings (SSSR count). The van der Waals surface area contributed by atoms with Crippen LogP contribution < -0.4 is 9.47 Å². The lowest BCUT2D eigenvalue weighted by atomic mass is 9.82. The van der Waals surface area contributed by atoms with E-state index in [0.717, 1.165) is 11.5 Å². The van der Waals surface area contributed by atoms with Gasteiger partial charge in [0, 0.05) is 5.92 Å². The number of ether oxygens (including phenoxy) is 2. The van der Waals surface area contributed by atoms with Crippen LogP contribution in [0.15, 0.2) is 48.5 Å². The van der Waals surface area contributed by atoms with Crippen LogP contribution in [-0.2, 0) is 0 Å². The van der Waals surface area contributed by atoms with E-state index in [2.05, 4.69) is 38.1 Å². The minimum Gasteiger partial charge on any atom is -0.497 e. The summed E-state index contributed by atoms with van der Waals surface area (Å²) in [5, 5.41) is 0. The lowest BCUT2D eigenvalue weighted by molar-refractivity contribution is 0.412. The van der Waals surface area contributed by atoms with Gasteiger partial charge in [-0.2, -0.15) is 0 Å². The van der Waals surface area contributed by atoms with Crippen LogP contribution in [0.5, 0.6) is 11.5 Å². The van der Waals surface area contributed by atoms with Crippen LogP contribution in [0.4, 0.5) is 0 Å². The molecule has 0 amide bonds. The number of rotatable bonds is 5. The zero-order valence-corrected chi connectivity index (χ0v) is 12.6. The molecule has 0 saturated heterocycles. The van der Waals surface area contributed by atoms with E-state index in [9.17, 15) is 0 Å². The largest absolute Gasteiger partial charge is 0.497 e. The Bertz CT molecular complexity index is 513. The quantitative estimate of drug-likeness (QED) is 0.797. The first kappa shape index (κ1) is 14.4. The molecule has 0 aliphatic heterocycles. The first-order valence-corrected chi connectivity index (χ1v) is 6.93. The van der Waals surface area contributed by atoms with Gasteiger partial charge in [0.15, 0.2) is 0 Å². The molecule has 2 aromatic carbocycles. The van der Waals surface area contributed by atoms with Crippen molar-refractivity contribution in [1.29, 1.82) is 0 Å². The Morgan fingerprint density at radius 3 is 1.55 bits per heavy atom. The smallest absolute Gasteiger partial charge is 0.119 e. The molecule has 0 N–H and O–H groups in total. The average molecular weight is 270 g/mol. The summed E-state index contributed by atoms with van der Waals surface area (Å²) in [6.07, 6.45) is 0. The minimum atomic E-state index is 0.334. The maximum absolute atomic E-state index is 5.34.